The van der Waals surface area contributed by atoms with Crippen molar-refractivity contribution in [1.82, 2.24) is 0 Å². The average molecular weight is 198 g/mol. The van der Waals surface area contributed by atoms with Crippen molar-refractivity contribution in [2.45, 2.75) is 51.1 Å². The second kappa shape index (κ2) is 7.59. The second-order valence-corrected chi connectivity index (χ2v) is 7.13. The van der Waals surface area contributed by atoms with E-state index in [0.717, 1.165) is 11.8 Å². The maximum Gasteiger partial charge on any atom is 0.360 e. The predicted octanol–water partition coefficient (Wildman–Crippen LogP) is 3.35. The molecule has 0 aromatic rings. The quantitative estimate of drug-likeness (QED) is 0.453. The zero-order valence-corrected chi connectivity index (χ0v) is 10.7. The Morgan fingerprint density at radius 3 is 1.69 bits per heavy atom. The lowest BCUT2D eigenvalue weighted by atomic mass is 10.1. The molecule has 0 radical (unpaired) electrons. The van der Waals surface area contributed by atoms with Crippen LogP contribution in [0.3, 0.4) is 0 Å². The topological polar surface area (TPSA) is 17.1 Å². The van der Waals surface area contributed by atoms with Crippen molar-refractivity contribution in [3.05, 3.63) is 0 Å². The lowest BCUT2D eigenvalue weighted by Gasteiger charge is -2.13. The first kappa shape index (κ1) is 13.2. The Labute approximate surface area is 87.3 Å². The Bertz CT molecular complexity index is 124. The molecule has 0 amide bonds. The molecule has 1 nitrogen and oxygen atoms in total. The van der Waals surface area contributed by atoms with Crippen LogP contribution in [0.1, 0.15) is 40.5 Å². The summed E-state index contributed by atoms with van der Waals surface area (Å²) in [6.45, 7) is 8.95. The van der Waals surface area contributed by atoms with Crippen LogP contribution in [-0.4, -0.2) is 19.3 Å². The molecule has 0 aliphatic heterocycles. The normalized spacial score (nSPS) is 15.1. The summed E-state index contributed by atoms with van der Waals surface area (Å²) in [6.07, 6.45) is 2.44. The molecule has 0 heterocycles. The molecule has 2 heteroatoms. The van der Waals surface area contributed by atoms with Crippen molar-refractivity contribution < 1.29 is 4.79 Å². The summed E-state index contributed by atoms with van der Waals surface area (Å²) in [7, 11) is 0. The fraction of sp³-hybridized carbons (Fsp3) is 0.909. The van der Waals surface area contributed by atoms with E-state index in [-0.39, 0.29) is 0 Å². The minimum atomic E-state index is -1.04. The molecule has 0 fully saturated rings. The maximum atomic E-state index is 10.9. The lowest BCUT2D eigenvalue weighted by Crippen LogP contribution is -2.20. The molecule has 0 N–H and O–H groups in total. The van der Waals surface area contributed by atoms with Crippen molar-refractivity contribution in [1.29, 1.82) is 0 Å². The number of carbonyl (C=O) groups excluding carboxylic acids is 1. The SMILES string of the molecule is CCC(C)[CH2][Al]([CH]=O)[CH2]C(C)CC. The van der Waals surface area contributed by atoms with Crippen LogP contribution < -0.4 is 0 Å². The average Bonchev–Trinajstić information content (AvgIpc) is 2.16. The van der Waals surface area contributed by atoms with Gasteiger partial charge < -0.3 is 4.79 Å². The van der Waals surface area contributed by atoms with Gasteiger partial charge in [-0.15, -0.1) is 0 Å². The first-order valence-electron chi connectivity index (χ1n) is 5.59. The molecule has 0 rings (SSSR count). The molecule has 0 saturated heterocycles. The van der Waals surface area contributed by atoms with Crippen molar-refractivity contribution in [3.8, 4) is 0 Å². The van der Waals surface area contributed by atoms with Gasteiger partial charge in [-0.25, -0.2) is 0 Å². The molecule has 0 aliphatic rings. The van der Waals surface area contributed by atoms with Gasteiger partial charge in [0, 0.05) is 5.15 Å². The molecule has 0 saturated carbocycles. The lowest BCUT2D eigenvalue weighted by molar-refractivity contribution is 0.559. The van der Waals surface area contributed by atoms with Crippen LogP contribution in [0.2, 0.25) is 10.6 Å². The maximum absolute atomic E-state index is 10.9. The van der Waals surface area contributed by atoms with E-state index in [4.69, 9.17) is 0 Å². The summed E-state index contributed by atoms with van der Waals surface area (Å²) in [5, 5.41) is 3.72. The number of hydrogen-bond acceptors (Lipinski definition) is 1. The zero-order valence-electron chi connectivity index (χ0n) is 9.55. The van der Waals surface area contributed by atoms with Gasteiger partial charge in [-0.05, 0) is 0 Å². The van der Waals surface area contributed by atoms with Crippen LogP contribution >= 0.6 is 0 Å². The highest BCUT2D eigenvalue weighted by Gasteiger charge is 2.21. The molecule has 0 aliphatic carbocycles. The Hall–Kier alpha value is 0.202. The largest absolute Gasteiger partial charge is 0.360 e. The Balaban J connectivity index is 3.81. The van der Waals surface area contributed by atoms with Gasteiger partial charge in [0.1, 0.15) is 0 Å². The van der Waals surface area contributed by atoms with Crippen LogP contribution in [0.15, 0.2) is 0 Å². The summed E-state index contributed by atoms with van der Waals surface area (Å²) in [5.74, 6) is 1.51. The molecule has 2 unspecified atom stereocenters. The highest BCUT2D eigenvalue weighted by molar-refractivity contribution is 6.84. The summed E-state index contributed by atoms with van der Waals surface area (Å²) in [5.41, 5.74) is 0. The van der Waals surface area contributed by atoms with Crippen LogP contribution in [0, 0.1) is 11.8 Å². The van der Waals surface area contributed by atoms with Gasteiger partial charge in [-0.3, -0.25) is 0 Å². The van der Waals surface area contributed by atoms with Gasteiger partial charge in [0.15, 0.2) is 0 Å². The second-order valence-electron chi connectivity index (χ2n) is 4.39. The Morgan fingerprint density at radius 2 is 1.46 bits per heavy atom. The molecule has 0 spiro atoms. The summed E-state index contributed by atoms with van der Waals surface area (Å²) < 4.78 is 0. The molecular weight excluding hydrogens is 175 g/mol. The van der Waals surface area contributed by atoms with Gasteiger partial charge >= 0.3 is 14.1 Å². The first-order chi connectivity index (χ1) is 6.13. The van der Waals surface area contributed by atoms with E-state index < -0.39 is 14.1 Å². The fourth-order valence-electron chi connectivity index (χ4n) is 1.57. The molecular formula is C11H23AlO. The van der Waals surface area contributed by atoms with Gasteiger partial charge in [0.05, 0.1) is 0 Å². The third kappa shape index (κ3) is 6.30. The highest BCUT2D eigenvalue weighted by Crippen LogP contribution is 2.17. The van der Waals surface area contributed by atoms with Crippen LogP contribution in [0.5, 0.6) is 0 Å². The molecule has 13 heavy (non-hydrogen) atoms. The van der Waals surface area contributed by atoms with Crippen molar-refractivity contribution in [3.63, 3.8) is 0 Å². The third-order valence-corrected chi connectivity index (χ3v) is 6.20. The molecule has 0 aromatic heterocycles. The standard InChI is InChI=1S/2C5H11.CHO.Al/c2*1-4-5(2)3;1-2;/h2*5H,2,4H2,1,3H3;1H;. The summed E-state index contributed by atoms with van der Waals surface area (Å²) in [4.78, 5) is 10.9. The molecule has 2 atom stereocenters. The van der Waals surface area contributed by atoms with E-state index in [1.807, 2.05) is 0 Å². The van der Waals surface area contributed by atoms with Gasteiger partial charge in [-0.2, -0.15) is 0 Å². The highest BCUT2D eigenvalue weighted by atomic mass is 27.2. The van der Waals surface area contributed by atoms with E-state index in [0.29, 0.717) is 0 Å². The number of hydrogen-bond donors (Lipinski definition) is 0. The van der Waals surface area contributed by atoms with Crippen LogP contribution in [-0.2, 0) is 4.79 Å². The third-order valence-electron chi connectivity index (χ3n) is 3.00. The Kier molecular flexibility index (Phi) is 7.71. The number of carbonyl (C=O) groups is 1. The Morgan fingerprint density at radius 1 is 1.08 bits per heavy atom. The van der Waals surface area contributed by atoms with Crippen molar-refractivity contribution >= 4 is 19.3 Å². The van der Waals surface area contributed by atoms with E-state index >= 15 is 0 Å². The molecule has 0 aromatic carbocycles. The monoisotopic (exact) mass is 198 g/mol. The van der Waals surface area contributed by atoms with E-state index in [1.54, 1.807) is 0 Å². The minimum Gasteiger partial charge on any atom is -0.324 e. The van der Waals surface area contributed by atoms with E-state index in [9.17, 15) is 4.79 Å². The van der Waals surface area contributed by atoms with Crippen LogP contribution in [0.4, 0.5) is 0 Å². The summed E-state index contributed by atoms with van der Waals surface area (Å²) >= 11 is -1.04. The smallest absolute Gasteiger partial charge is 0.324 e. The van der Waals surface area contributed by atoms with E-state index in [1.165, 1.54) is 28.6 Å². The fourth-order valence-corrected chi connectivity index (χ4v) is 4.72. The van der Waals surface area contributed by atoms with Crippen molar-refractivity contribution in [2.24, 2.45) is 11.8 Å². The van der Waals surface area contributed by atoms with E-state index in [2.05, 4.69) is 27.7 Å². The van der Waals surface area contributed by atoms with Crippen LogP contribution in [0.25, 0.3) is 0 Å². The van der Waals surface area contributed by atoms with Gasteiger partial charge in [0.25, 0.3) is 0 Å². The molecule has 0 bridgehead atoms. The van der Waals surface area contributed by atoms with Gasteiger partial charge in [0.2, 0.25) is 0 Å². The first-order valence-corrected chi connectivity index (χ1v) is 7.89. The zero-order chi connectivity index (χ0) is 10.3. The van der Waals surface area contributed by atoms with Gasteiger partial charge in [-0.1, -0.05) is 62.9 Å². The predicted molar refractivity (Wildman–Crippen MR) is 61.0 cm³/mol. The summed E-state index contributed by atoms with van der Waals surface area (Å²) in [6, 6.07) is 0. The number of rotatable bonds is 7. The van der Waals surface area contributed by atoms with Crippen molar-refractivity contribution in [2.75, 3.05) is 0 Å². The minimum absolute atomic E-state index is 0.755. The molecule has 76 valence electrons.